The van der Waals surface area contributed by atoms with Crippen molar-refractivity contribution in [3.8, 4) is 0 Å². The van der Waals surface area contributed by atoms with Crippen molar-refractivity contribution in [2.75, 3.05) is 44.3 Å². The van der Waals surface area contributed by atoms with Crippen LogP contribution in [0.15, 0.2) is 30.3 Å². The zero-order valence-corrected chi connectivity index (χ0v) is 58.0. The second-order valence-corrected chi connectivity index (χ2v) is 25.3. The largest absolute Gasteiger partial charge is 0.480 e. The van der Waals surface area contributed by atoms with Crippen LogP contribution >= 0.6 is 25.3 Å². The van der Waals surface area contributed by atoms with Gasteiger partial charge in [0.1, 0.15) is 72.5 Å². The summed E-state index contributed by atoms with van der Waals surface area (Å²) in [6.45, 7) is 10.2. The highest BCUT2D eigenvalue weighted by Gasteiger charge is 2.46. The number of aliphatic carboxylic acids is 1. The molecule has 0 unspecified atom stereocenters. The maximum Gasteiger partial charge on any atom is 0.326 e. The molecule has 0 bridgehead atoms. The quantitative estimate of drug-likeness (QED) is 0.0127. The number of carboxylic acid groups (broad SMARTS) is 1. The highest BCUT2D eigenvalue weighted by molar-refractivity contribution is 7.80. The van der Waals surface area contributed by atoms with Crippen molar-refractivity contribution in [3.05, 3.63) is 35.9 Å². The maximum absolute atomic E-state index is 14.7. The molecule has 544 valence electrons. The third kappa shape index (κ3) is 26.2. The molecule has 33 nitrogen and oxygen atoms in total. The Bertz CT molecular complexity index is 2870. The summed E-state index contributed by atoms with van der Waals surface area (Å²) >= 11 is 8.24. The minimum atomic E-state index is -1.76. The number of carboxylic acids is 1. The SMILES string of the molecule is CC[C@H](C)[C@H](NC(=O)[C@@H]1CCCN1C(=O)[C@@H]1CCCN1C(=O)[C@@H](NC(=O)[C@H](CO)NC(=O)[C@H](CCCCN)NC(=O)[C@@H](NC(=O)[C@H](C)NC(=O)[C@H](CCCNC(=N)N)NC(=O)[C@H](C)NC(=O)[C@@H](N)CS)[C@@H](C)O)[C@@H](C)CC)C(=O)N[C@@H](CS)C(=O)N[C@@H](Cc1ccccc1)C(=O)O. The van der Waals surface area contributed by atoms with Gasteiger partial charge in [0.05, 0.1) is 18.8 Å². The van der Waals surface area contributed by atoms with E-state index in [-0.39, 0.29) is 88.6 Å². The summed E-state index contributed by atoms with van der Waals surface area (Å²) in [6.07, 6.45) is 0.870. The minimum absolute atomic E-state index is 0.0158. The number of aliphatic hydroxyl groups excluding tert-OH is 2. The Balaban J connectivity index is 1.76. The van der Waals surface area contributed by atoms with Gasteiger partial charge < -0.3 is 101 Å². The number of unbranched alkanes of at least 4 members (excludes halogenated alkanes) is 1. The summed E-state index contributed by atoms with van der Waals surface area (Å²) in [7, 11) is 0. The molecule has 0 radical (unpaired) electrons. The van der Waals surface area contributed by atoms with Gasteiger partial charge in [-0.2, -0.15) is 25.3 Å². The lowest BCUT2D eigenvalue weighted by molar-refractivity contribution is -0.149. The van der Waals surface area contributed by atoms with E-state index in [1.54, 1.807) is 58.0 Å². The third-order valence-electron chi connectivity index (χ3n) is 17.1. The van der Waals surface area contributed by atoms with Crippen LogP contribution in [-0.4, -0.2) is 237 Å². The fourth-order valence-electron chi connectivity index (χ4n) is 10.7. The molecular formula is C62H103N17O16S2. The molecule has 0 aromatic heterocycles. The molecule has 2 fully saturated rings. The van der Waals surface area contributed by atoms with Crippen LogP contribution in [0.3, 0.4) is 0 Å². The molecule has 1 aromatic carbocycles. The Morgan fingerprint density at radius 1 is 0.577 bits per heavy atom. The lowest BCUT2D eigenvalue weighted by Crippen LogP contribution is -2.62. The Labute approximate surface area is 576 Å². The first-order valence-electron chi connectivity index (χ1n) is 32.9. The number of hydrogen-bond donors (Lipinski definition) is 20. The monoisotopic (exact) mass is 1410 g/mol. The second kappa shape index (κ2) is 42.1. The average Bonchev–Trinajstić information content (AvgIpc) is 1.70. The predicted octanol–water partition coefficient (Wildman–Crippen LogP) is -4.77. The lowest BCUT2D eigenvalue weighted by atomic mass is 9.96. The van der Waals surface area contributed by atoms with Crippen molar-refractivity contribution in [1.82, 2.24) is 68.3 Å². The van der Waals surface area contributed by atoms with Crippen LogP contribution in [0.5, 0.6) is 0 Å². The fraction of sp³-hybridized carbons (Fsp3) is 0.677. The standard InChI is InChI=1S/C62H103N17O16S2/c1-8-32(3)46(57(90)74-43(31-97)55(88)72-41(61(94)95)28-37-18-11-10-12-19-37)75-56(89)44-22-16-26-78(44)59(92)45-23-17-27-79(45)60(93)47(33(4)9-2)76-54(87)42(29-80)73-53(86)39(20-13-14-24-63)71-58(91)48(36(7)81)77-50(83)35(6)69-52(85)40(21-15-25-67-62(65)66)70-49(82)34(5)68-51(84)38(64)30-96/h10-12,18-19,32-36,38-48,80-81,96-97H,8-9,13-17,20-31,63-64H2,1-7H3,(H,68,84)(H,69,85)(H,70,82)(H,71,91)(H,72,88)(H,73,86)(H,74,90)(H,75,89)(H,76,87)(H,77,83)(H,94,95)(H4,65,66,67)/t32-,33-,34-,35-,36+,38-,39-,40-,41-,42-,43-,44-,45-,46-,47-,48-/m0/s1. The van der Waals surface area contributed by atoms with Gasteiger partial charge in [-0.05, 0) is 103 Å². The first kappa shape index (κ1) is 83.4. The molecule has 2 aliphatic heterocycles. The normalized spacial score (nSPS) is 18.7. The Morgan fingerprint density at radius 2 is 1.06 bits per heavy atom. The summed E-state index contributed by atoms with van der Waals surface area (Å²) in [5.41, 5.74) is 17.5. The molecule has 1 aromatic rings. The number of thiol groups is 2. The first-order valence-corrected chi connectivity index (χ1v) is 34.1. The summed E-state index contributed by atoms with van der Waals surface area (Å²) in [5, 5.41) is 66.5. The molecule has 2 saturated heterocycles. The van der Waals surface area contributed by atoms with E-state index in [9.17, 15) is 77.6 Å². The number of rotatable bonds is 41. The smallest absolute Gasteiger partial charge is 0.326 e. The number of amides is 12. The summed E-state index contributed by atoms with van der Waals surface area (Å²) < 4.78 is 0. The van der Waals surface area contributed by atoms with Gasteiger partial charge in [0.25, 0.3) is 0 Å². The van der Waals surface area contributed by atoms with Crippen molar-refractivity contribution in [1.29, 1.82) is 5.41 Å². The molecule has 0 aliphatic carbocycles. The van der Waals surface area contributed by atoms with E-state index in [2.05, 4.69) is 83.7 Å². The van der Waals surface area contributed by atoms with Crippen LogP contribution in [0.1, 0.15) is 125 Å². The van der Waals surface area contributed by atoms with Crippen molar-refractivity contribution in [3.63, 3.8) is 0 Å². The Morgan fingerprint density at radius 3 is 1.62 bits per heavy atom. The van der Waals surface area contributed by atoms with Crippen molar-refractivity contribution < 1.29 is 77.6 Å². The van der Waals surface area contributed by atoms with Gasteiger partial charge in [0.2, 0.25) is 70.9 Å². The van der Waals surface area contributed by atoms with Gasteiger partial charge in [-0.3, -0.25) is 62.9 Å². The summed E-state index contributed by atoms with van der Waals surface area (Å²) in [4.78, 5) is 181. The molecule has 3 rings (SSSR count). The highest BCUT2D eigenvalue weighted by atomic mass is 32.1. The number of carbonyl (C=O) groups excluding carboxylic acids is 12. The van der Waals surface area contributed by atoms with E-state index in [1.165, 1.54) is 30.6 Å². The topological polar surface area (TPSA) is 523 Å². The van der Waals surface area contributed by atoms with Crippen LogP contribution in [-0.2, 0) is 68.7 Å². The summed E-state index contributed by atoms with van der Waals surface area (Å²) in [5.74, 6) is -12.8. The van der Waals surface area contributed by atoms with Gasteiger partial charge in [-0.15, -0.1) is 0 Å². The van der Waals surface area contributed by atoms with E-state index >= 15 is 0 Å². The number of nitrogens with zero attached hydrogens (tertiary/aromatic N) is 2. The van der Waals surface area contributed by atoms with E-state index in [1.807, 2.05) is 0 Å². The number of nitrogens with two attached hydrogens (primary N) is 3. The fourth-order valence-corrected chi connectivity index (χ4v) is 11.2. The lowest BCUT2D eigenvalue weighted by Gasteiger charge is -2.35. The highest BCUT2D eigenvalue weighted by Crippen LogP contribution is 2.27. The number of hydrogen-bond acceptors (Lipinski definition) is 20. The summed E-state index contributed by atoms with van der Waals surface area (Å²) in [6, 6.07) is -8.59. The van der Waals surface area contributed by atoms with Crippen molar-refractivity contribution in [2.45, 2.75) is 210 Å². The zero-order chi connectivity index (χ0) is 72.8. The average molecular weight is 1410 g/mol. The molecule has 16 atom stereocenters. The maximum atomic E-state index is 14.7. The van der Waals surface area contributed by atoms with Crippen molar-refractivity contribution in [2.24, 2.45) is 29.0 Å². The minimum Gasteiger partial charge on any atom is -0.480 e. The van der Waals surface area contributed by atoms with Gasteiger partial charge >= 0.3 is 5.97 Å². The van der Waals surface area contributed by atoms with Crippen LogP contribution in [0.25, 0.3) is 0 Å². The number of guanidine groups is 1. The van der Waals surface area contributed by atoms with Crippen LogP contribution < -0.4 is 75.7 Å². The number of benzene rings is 1. The van der Waals surface area contributed by atoms with Crippen LogP contribution in [0.2, 0.25) is 0 Å². The van der Waals surface area contributed by atoms with Gasteiger partial charge in [-0.1, -0.05) is 70.9 Å². The third-order valence-corrected chi connectivity index (χ3v) is 17.8. The molecule has 2 aliphatic rings. The van der Waals surface area contributed by atoms with E-state index < -0.39 is 180 Å². The first-order chi connectivity index (χ1) is 45.9. The molecule has 12 amide bonds. The van der Waals surface area contributed by atoms with Crippen LogP contribution in [0.4, 0.5) is 0 Å². The van der Waals surface area contributed by atoms with Gasteiger partial charge in [0.15, 0.2) is 5.96 Å². The van der Waals surface area contributed by atoms with E-state index in [0.29, 0.717) is 37.7 Å². The van der Waals surface area contributed by atoms with Gasteiger partial charge in [-0.25, -0.2) is 4.79 Å². The molecule has 0 saturated carbocycles. The Kier molecular flexibility index (Phi) is 36.2. The molecule has 35 heteroatoms. The molecule has 2 heterocycles. The predicted molar refractivity (Wildman–Crippen MR) is 363 cm³/mol. The van der Waals surface area contributed by atoms with Crippen LogP contribution in [0, 0.1) is 17.2 Å². The van der Waals surface area contributed by atoms with Gasteiger partial charge in [0, 0.05) is 37.6 Å². The number of carbonyl (C=O) groups is 13. The van der Waals surface area contributed by atoms with E-state index in [0.717, 1.165) is 0 Å². The molecule has 0 spiro atoms. The van der Waals surface area contributed by atoms with Crippen molar-refractivity contribution >= 4 is 108 Å². The number of aliphatic hydroxyl groups is 2. The molecule has 21 N–H and O–H groups in total. The molecule has 97 heavy (non-hydrogen) atoms. The number of nitrogens with one attached hydrogen (secondary N) is 12. The zero-order valence-electron chi connectivity index (χ0n) is 56.2. The number of likely N-dealkylation sites (tertiary alicyclic amines) is 2. The van der Waals surface area contributed by atoms with E-state index in [4.69, 9.17) is 22.6 Å². The second-order valence-electron chi connectivity index (χ2n) is 24.6. The Hall–Kier alpha value is -7.86. The molecular weight excluding hydrogens is 1300 g/mol.